The van der Waals surface area contributed by atoms with Crippen molar-refractivity contribution in [2.75, 3.05) is 46.6 Å². The lowest BCUT2D eigenvalue weighted by Gasteiger charge is -2.22. The molecule has 65 heavy (non-hydrogen) atoms. The van der Waals surface area contributed by atoms with Crippen molar-refractivity contribution in [2.45, 2.75) is 48.4 Å². The van der Waals surface area contributed by atoms with Gasteiger partial charge in [0.2, 0.25) is 11.9 Å². The molecule has 0 aliphatic carbocycles. The van der Waals surface area contributed by atoms with Crippen LogP contribution in [0.15, 0.2) is 139 Å². The van der Waals surface area contributed by atoms with Crippen LogP contribution in [0.4, 0.5) is 56.0 Å². The first kappa shape index (κ1) is 45.5. The average Bonchev–Trinajstić information content (AvgIpc) is 3.91. The molecule has 0 bridgehead atoms. The second-order valence-corrected chi connectivity index (χ2v) is 18.7. The first-order valence-corrected chi connectivity index (χ1v) is 25.0. The van der Waals surface area contributed by atoms with E-state index in [4.69, 9.17) is 20.1 Å². The molecule has 3 N–H and O–H groups in total. The minimum Gasteiger partial charge on any atom is -0.372 e. The molecule has 3 heterocycles. The van der Waals surface area contributed by atoms with E-state index in [0.717, 1.165) is 70.4 Å². The number of rotatable bonds is 18. The van der Waals surface area contributed by atoms with Crippen LogP contribution in [0.5, 0.6) is 0 Å². The number of benzene rings is 5. The number of nitrogens with zero attached hydrogens (tertiary/aromatic N) is 11. The predicted octanol–water partition coefficient (Wildman–Crippen LogP) is 12.9. The number of nitrogens with one attached hydrogen (secondary N) is 2. The molecular formula is C44H43N13O3S5. The van der Waals surface area contributed by atoms with E-state index >= 15 is 0 Å². The molecule has 8 rings (SSSR count). The Bertz CT molecular complexity index is 3140. The van der Waals surface area contributed by atoms with Crippen molar-refractivity contribution in [1.29, 1.82) is 0 Å². The number of azo groups is 2. The smallest absolute Gasteiger partial charge is 0.294 e. The molecule has 0 spiro atoms. The summed E-state index contributed by atoms with van der Waals surface area (Å²) in [5.41, 5.74) is 6.50. The Hall–Kier alpha value is -6.10. The number of thioether (sulfide) groups is 1. The molecule has 0 saturated heterocycles. The van der Waals surface area contributed by atoms with Gasteiger partial charge in [-0.25, -0.2) is 0 Å². The number of thiol groups is 1. The Labute approximate surface area is 393 Å². The zero-order chi connectivity index (χ0) is 45.5. The second-order valence-electron chi connectivity index (χ2n) is 14.3. The molecule has 21 heteroatoms. The maximum Gasteiger partial charge on any atom is 0.294 e. The SMILES string of the molecule is CCN(CC)c1ccc(/N=N/c2snc3cc(S)ccc23)c(Nc2nc(Nc3cc(N(CC)CC)ccc3/N=N/c3snc4cc(S(=O)(=O)O)ccc34)nc(SCc3ccccc3)n2)c1. The fraction of sp³-hybridized carbons (Fsp3) is 0.205. The number of fused-ring (bicyclic) bond motifs is 2. The molecule has 5 aromatic carbocycles. The summed E-state index contributed by atoms with van der Waals surface area (Å²) in [5, 5.41) is 28.5. The first-order valence-electron chi connectivity index (χ1n) is 20.6. The van der Waals surface area contributed by atoms with Crippen LogP contribution in [0, 0.1) is 0 Å². The molecule has 0 fully saturated rings. The van der Waals surface area contributed by atoms with Crippen LogP contribution in [0.25, 0.3) is 21.8 Å². The largest absolute Gasteiger partial charge is 0.372 e. The summed E-state index contributed by atoms with van der Waals surface area (Å²) in [4.78, 5) is 19.7. The van der Waals surface area contributed by atoms with Gasteiger partial charge in [0.15, 0.2) is 15.2 Å². The molecule has 0 unspecified atom stereocenters. The summed E-state index contributed by atoms with van der Waals surface area (Å²) in [6.07, 6.45) is 0. The normalized spacial score (nSPS) is 11.9. The zero-order valence-electron chi connectivity index (χ0n) is 35.6. The Kier molecular flexibility index (Phi) is 14.3. The van der Waals surface area contributed by atoms with E-state index in [1.54, 1.807) is 6.07 Å². The molecule has 0 atom stereocenters. The average molecular weight is 962 g/mol. The Morgan fingerprint density at radius 2 is 1.17 bits per heavy atom. The quantitative estimate of drug-likeness (QED) is 0.0274. The van der Waals surface area contributed by atoms with Gasteiger partial charge in [0.25, 0.3) is 10.1 Å². The van der Waals surface area contributed by atoms with Gasteiger partial charge in [0.1, 0.15) is 11.4 Å². The second kappa shape index (κ2) is 20.4. The summed E-state index contributed by atoms with van der Waals surface area (Å²) in [7, 11) is -4.40. The van der Waals surface area contributed by atoms with Crippen molar-refractivity contribution in [1.82, 2.24) is 23.7 Å². The molecule has 8 aromatic rings. The number of hydrogen-bond acceptors (Lipinski definition) is 19. The van der Waals surface area contributed by atoms with Gasteiger partial charge in [-0.3, -0.25) is 4.55 Å². The highest BCUT2D eigenvalue weighted by atomic mass is 32.2. The van der Waals surface area contributed by atoms with E-state index in [1.165, 1.54) is 35.4 Å². The van der Waals surface area contributed by atoms with Gasteiger partial charge in [0, 0.05) is 59.0 Å². The summed E-state index contributed by atoms with van der Waals surface area (Å²) in [5.74, 6) is 1.15. The molecule has 3 aromatic heterocycles. The summed E-state index contributed by atoms with van der Waals surface area (Å²) < 4.78 is 42.0. The predicted molar refractivity (Wildman–Crippen MR) is 267 cm³/mol. The van der Waals surface area contributed by atoms with Crippen LogP contribution in [0.2, 0.25) is 0 Å². The first-order chi connectivity index (χ1) is 31.5. The van der Waals surface area contributed by atoms with Crippen molar-refractivity contribution in [3.05, 3.63) is 109 Å². The van der Waals surface area contributed by atoms with Gasteiger partial charge in [0.05, 0.1) is 27.3 Å². The van der Waals surface area contributed by atoms with Crippen molar-refractivity contribution >= 4 is 135 Å². The zero-order valence-corrected chi connectivity index (χ0v) is 39.8. The monoisotopic (exact) mass is 961 g/mol. The van der Waals surface area contributed by atoms with Crippen molar-refractivity contribution in [2.24, 2.45) is 20.5 Å². The van der Waals surface area contributed by atoms with E-state index in [-0.39, 0.29) is 16.8 Å². The van der Waals surface area contributed by atoms with Gasteiger partial charge < -0.3 is 20.4 Å². The van der Waals surface area contributed by atoms with E-state index < -0.39 is 10.1 Å². The van der Waals surface area contributed by atoms with Crippen LogP contribution in [-0.2, 0) is 15.9 Å². The fourth-order valence-corrected chi connectivity index (χ4v) is 9.68. The molecule has 0 aliphatic rings. The van der Waals surface area contributed by atoms with Crippen molar-refractivity contribution in [3.63, 3.8) is 0 Å². The molecule has 0 aliphatic heterocycles. The fourth-order valence-electron chi connectivity index (χ4n) is 6.82. The maximum absolute atomic E-state index is 11.8. The Balaban J connectivity index is 1.18. The molecule has 16 nitrogen and oxygen atoms in total. The number of anilines is 6. The minimum atomic E-state index is -4.40. The molecule has 0 radical (unpaired) electrons. The lowest BCUT2D eigenvalue weighted by molar-refractivity contribution is 0.483. The van der Waals surface area contributed by atoms with E-state index in [1.807, 2.05) is 72.8 Å². The lowest BCUT2D eigenvalue weighted by atomic mass is 10.2. The van der Waals surface area contributed by atoms with E-state index in [2.05, 4.69) is 97.0 Å². The summed E-state index contributed by atoms with van der Waals surface area (Å²) in [6.45, 7) is 11.6. The van der Waals surface area contributed by atoms with Crippen molar-refractivity contribution < 1.29 is 13.0 Å². The van der Waals surface area contributed by atoms with Crippen molar-refractivity contribution in [3.8, 4) is 0 Å². The lowest BCUT2D eigenvalue weighted by Crippen LogP contribution is -2.21. The molecule has 0 amide bonds. The third-order valence-corrected chi connectivity index (χ3v) is 13.8. The minimum absolute atomic E-state index is 0.251. The maximum atomic E-state index is 11.8. The standard InChI is InChI=1S/C44H43N13O3S5/c1-5-56(6-2)28-14-20-34(50-52-40-32-18-16-30(61)24-36(32)54-63-40)38(22-28)45-42-47-43(49-44(48-42)62-26-27-12-10-9-11-13-27)46-39-23-29(57(7-3)8-4)15-21-35(39)51-53-41-33-19-17-31(65(58,59)60)25-37(33)55-64-41/h9-25,61H,5-8,26H2,1-4H3,(H,58,59,60)(H2,45,46,47,48,49)/b52-50+,53-51+. The van der Waals surface area contributed by atoms with Gasteiger partial charge in [-0.05, 0) is 129 Å². The molecule has 332 valence electrons. The third-order valence-electron chi connectivity index (χ3n) is 10.2. The van der Waals surface area contributed by atoms with Gasteiger partial charge in [-0.2, -0.15) is 32.1 Å². The summed E-state index contributed by atoms with van der Waals surface area (Å²) in [6, 6.07) is 31.8. The third kappa shape index (κ3) is 10.9. The Morgan fingerprint density at radius 1 is 0.646 bits per heavy atom. The van der Waals surface area contributed by atoms with Gasteiger partial charge in [-0.15, -0.1) is 33.1 Å². The highest BCUT2D eigenvalue weighted by molar-refractivity contribution is 7.98. The van der Waals surface area contributed by atoms with Gasteiger partial charge in [-0.1, -0.05) is 42.1 Å². The van der Waals surface area contributed by atoms with Gasteiger partial charge >= 0.3 is 0 Å². The van der Waals surface area contributed by atoms with Crippen LogP contribution in [0.1, 0.15) is 33.3 Å². The topological polar surface area (TPSA) is 199 Å². The summed E-state index contributed by atoms with van der Waals surface area (Å²) >= 11 is 8.27. The molecular weight excluding hydrogens is 919 g/mol. The Morgan fingerprint density at radius 3 is 1.69 bits per heavy atom. The number of aromatic nitrogens is 5. The van der Waals surface area contributed by atoms with Crippen LogP contribution in [-0.4, -0.2) is 62.8 Å². The highest BCUT2D eigenvalue weighted by Crippen LogP contribution is 2.39. The highest BCUT2D eigenvalue weighted by Gasteiger charge is 2.17. The molecule has 0 saturated carbocycles. The van der Waals surface area contributed by atoms with Crippen LogP contribution in [0.3, 0.4) is 0 Å². The van der Waals surface area contributed by atoms with E-state index in [9.17, 15) is 13.0 Å². The van der Waals surface area contributed by atoms with E-state index in [0.29, 0.717) is 54.6 Å². The van der Waals surface area contributed by atoms with Crippen LogP contribution >= 0.6 is 47.5 Å². The van der Waals surface area contributed by atoms with Crippen LogP contribution < -0.4 is 20.4 Å². The number of hydrogen-bond donors (Lipinski definition) is 4.